The molecule has 0 radical (unpaired) electrons. The van der Waals surface area contributed by atoms with Gasteiger partial charge in [-0.3, -0.25) is 0 Å². The first-order valence-electron chi connectivity index (χ1n) is 14.5. The largest absolute Gasteiger partial charge is 0.372 e. The van der Waals surface area contributed by atoms with Gasteiger partial charge in [-0.25, -0.2) is 9.97 Å². The predicted molar refractivity (Wildman–Crippen MR) is 182 cm³/mol. The Labute approximate surface area is 256 Å². The number of allylic oxidation sites excluding steroid dienone is 1. The number of halogens is 1. The fourth-order valence-electron chi connectivity index (χ4n) is 5.07. The van der Waals surface area contributed by atoms with Crippen molar-refractivity contribution in [3.05, 3.63) is 90.4 Å². The molecule has 0 amide bonds. The first-order valence-corrected chi connectivity index (χ1v) is 14.9. The van der Waals surface area contributed by atoms with Crippen molar-refractivity contribution in [1.29, 1.82) is 0 Å². The van der Waals surface area contributed by atoms with Gasteiger partial charge >= 0.3 is 0 Å². The van der Waals surface area contributed by atoms with E-state index in [-0.39, 0.29) is 0 Å². The minimum Gasteiger partial charge on any atom is -0.372 e. The number of nitrogens with zero attached hydrogens (tertiary/aromatic N) is 4. The molecule has 0 bridgehead atoms. The highest BCUT2D eigenvalue weighted by molar-refractivity contribution is 6.31. The van der Waals surface area contributed by atoms with Crippen LogP contribution in [0.2, 0.25) is 5.02 Å². The smallest absolute Gasteiger partial charge is 0.135 e. The van der Waals surface area contributed by atoms with Gasteiger partial charge in [0.2, 0.25) is 0 Å². The first kappa shape index (κ1) is 31.1. The summed E-state index contributed by atoms with van der Waals surface area (Å²) in [6.07, 6.45) is 11.3. The third-order valence-corrected chi connectivity index (χ3v) is 8.39. The molecule has 1 aliphatic carbocycles. The van der Waals surface area contributed by atoms with Crippen LogP contribution < -0.4 is 20.9 Å². The predicted octanol–water partition coefficient (Wildman–Crippen LogP) is 8.49. The van der Waals surface area contributed by atoms with Gasteiger partial charge in [-0.2, -0.15) is 0 Å². The SMILES string of the molecule is C=CC(=C)Nc1cc(Nc2cc(Nc3ccc(CCC4(C)CCC4)c(Cl)c3)ncn2)c(C=C)cc1N(C)CCN(C)C. The van der Waals surface area contributed by atoms with E-state index in [1.54, 1.807) is 6.08 Å². The van der Waals surface area contributed by atoms with Gasteiger partial charge in [0, 0.05) is 48.3 Å². The summed E-state index contributed by atoms with van der Waals surface area (Å²) < 4.78 is 0. The zero-order valence-electron chi connectivity index (χ0n) is 25.4. The molecule has 222 valence electrons. The normalized spacial score (nSPS) is 13.7. The average Bonchev–Trinajstić information content (AvgIpc) is 2.94. The Balaban J connectivity index is 1.52. The lowest BCUT2D eigenvalue weighted by atomic mass is 9.67. The Morgan fingerprint density at radius 2 is 1.74 bits per heavy atom. The van der Waals surface area contributed by atoms with E-state index < -0.39 is 0 Å². The van der Waals surface area contributed by atoms with Crippen molar-refractivity contribution in [2.45, 2.75) is 39.0 Å². The minimum atomic E-state index is 0.481. The zero-order valence-corrected chi connectivity index (χ0v) is 26.2. The van der Waals surface area contributed by atoms with Crippen LogP contribution in [0.4, 0.5) is 34.4 Å². The molecule has 4 rings (SSSR count). The highest BCUT2D eigenvalue weighted by atomic mass is 35.5. The maximum atomic E-state index is 6.67. The van der Waals surface area contributed by atoms with E-state index in [4.69, 9.17) is 11.6 Å². The Kier molecular flexibility index (Phi) is 10.3. The second-order valence-electron chi connectivity index (χ2n) is 11.7. The summed E-state index contributed by atoms with van der Waals surface area (Å²) in [5.41, 5.74) is 7.01. The summed E-state index contributed by atoms with van der Waals surface area (Å²) in [6, 6.07) is 12.2. The third-order valence-electron chi connectivity index (χ3n) is 8.04. The van der Waals surface area contributed by atoms with E-state index in [2.05, 4.69) is 102 Å². The van der Waals surface area contributed by atoms with Gasteiger partial charge < -0.3 is 25.8 Å². The Bertz CT molecular complexity index is 1430. The van der Waals surface area contributed by atoms with Gasteiger partial charge in [-0.15, -0.1) is 0 Å². The molecule has 0 spiro atoms. The maximum Gasteiger partial charge on any atom is 0.135 e. The van der Waals surface area contributed by atoms with E-state index in [1.165, 1.54) is 37.6 Å². The molecule has 2 aromatic carbocycles. The van der Waals surface area contributed by atoms with Gasteiger partial charge in [0.1, 0.15) is 18.0 Å². The van der Waals surface area contributed by atoms with Crippen molar-refractivity contribution < 1.29 is 0 Å². The molecule has 1 aromatic heterocycles. The molecular formula is C34H44ClN7. The molecule has 42 heavy (non-hydrogen) atoms. The van der Waals surface area contributed by atoms with Crippen LogP contribution in [0, 0.1) is 5.41 Å². The molecule has 0 atom stereocenters. The van der Waals surface area contributed by atoms with Crippen molar-refractivity contribution in [2.75, 3.05) is 55.1 Å². The Morgan fingerprint density at radius 1 is 1.00 bits per heavy atom. The minimum absolute atomic E-state index is 0.481. The summed E-state index contributed by atoms with van der Waals surface area (Å²) >= 11 is 6.67. The third kappa shape index (κ3) is 8.14. The molecule has 0 saturated heterocycles. The van der Waals surface area contributed by atoms with Crippen molar-refractivity contribution in [3.8, 4) is 0 Å². The van der Waals surface area contributed by atoms with E-state index in [0.717, 1.165) is 52.8 Å². The van der Waals surface area contributed by atoms with E-state index in [9.17, 15) is 0 Å². The van der Waals surface area contributed by atoms with Crippen molar-refractivity contribution in [3.63, 3.8) is 0 Å². The molecular weight excluding hydrogens is 542 g/mol. The average molecular weight is 586 g/mol. The van der Waals surface area contributed by atoms with Crippen LogP contribution in [-0.4, -0.2) is 49.1 Å². The van der Waals surface area contributed by atoms with Crippen LogP contribution in [0.5, 0.6) is 0 Å². The maximum absolute atomic E-state index is 6.67. The fraction of sp³-hybridized carbons (Fsp3) is 0.353. The molecule has 0 aliphatic heterocycles. The number of nitrogens with one attached hydrogen (secondary N) is 3. The molecule has 1 saturated carbocycles. The lowest BCUT2D eigenvalue weighted by molar-refractivity contribution is 0.147. The molecule has 8 heteroatoms. The van der Waals surface area contributed by atoms with Crippen LogP contribution in [0.1, 0.15) is 43.7 Å². The Hall–Kier alpha value is -3.81. The van der Waals surface area contributed by atoms with E-state index >= 15 is 0 Å². The number of hydrogen-bond acceptors (Lipinski definition) is 7. The van der Waals surface area contributed by atoms with Crippen LogP contribution in [0.15, 0.2) is 74.2 Å². The van der Waals surface area contributed by atoms with E-state index in [1.807, 2.05) is 24.3 Å². The monoisotopic (exact) mass is 585 g/mol. The summed E-state index contributed by atoms with van der Waals surface area (Å²) in [7, 11) is 6.22. The van der Waals surface area contributed by atoms with Crippen LogP contribution in [0.3, 0.4) is 0 Å². The summed E-state index contributed by atoms with van der Waals surface area (Å²) in [5, 5.41) is 11.0. The number of likely N-dealkylation sites (N-methyl/N-ethyl adjacent to an activating group) is 2. The van der Waals surface area contributed by atoms with Crippen molar-refractivity contribution in [2.24, 2.45) is 5.41 Å². The number of anilines is 6. The van der Waals surface area contributed by atoms with Crippen LogP contribution >= 0.6 is 11.6 Å². The molecule has 1 heterocycles. The van der Waals surface area contributed by atoms with Crippen LogP contribution in [0.25, 0.3) is 6.08 Å². The summed E-state index contributed by atoms with van der Waals surface area (Å²) in [5.74, 6) is 1.31. The molecule has 1 fully saturated rings. The molecule has 0 unspecified atom stereocenters. The molecule has 7 nitrogen and oxygen atoms in total. The number of aromatic nitrogens is 2. The first-order chi connectivity index (χ1) is 20.1. The molecule has 1 aliphatic rings. The molecule has 3 N–H and O–H groups in total. The van der Waals surface area contributed by atoms with Gasteiger partial charge in [-0.05, 0) is 86.7 Å². The second kappa shape index (κ2) is 13.9. The van der Waals surface area contributed by atoms with Crippen LogP contribution in [-0.2, 0) is 6.42 Å². The zero-order chi connectivity index (χ0) is 30.3. The summed E-state index contributed by atoms with van der Waals surface area (Å²) in [6.45, 7) is 16.1. The van der Waals surface area contributed by atoms with Gasteiger partial charge in [0.05, 0.1) is 11.4 Å². The van der Waals surface area contributed by atoms with Crippen molar-refractivity contribution >= 4 is 52.1 Å². The fourth-order valence-corrected chi connectivity index (χ4v) is 5.34. The number of hydrogen-bond donors (Lipinski definition) is 3. The van der Waals surface area contributed by atoms with Gasteiger partial charge in [0.15, 0.2) is 0 Å². The van der Waals surface area contributed by atoms with Gasteiger partial charge in [-0.1, -0.05) is 56.8 Å². The second-order valence-corrected chi connectivity index (χ2v) is 12.2. The highest BCUT2D eigenvalue weighted by Gasteiger charge is 2.31. The molecule has 3 aromatic rings. The quantitative estimate of drug-likeness (QED) is 0.154. The lowest BCUT2D eigenvalue weighted by Crippen LogP contribution is -2.29. The van der Waals surface area contributed by atoms with Crippen molar-refractivity contribution in [1.82, 2.24) is 14.9 Å². The van der Waals surface area contributed by atoms with Gasteiger partial charge in [0.25, 0.3) is 0 Å². The number of aryl methyl sites for hydroxylation is 1. The van der Waals surface area contributed by atoms with E-state index in [0.29, 0.717) is 22.7 Å². The number of benzene rings is 2. The highest BCUT2D eigenvalue weighted by Crippen LogP contribution is 2.44. The Morgan fingerprint density at radius 3 is 2.36 bits per heavy atom. The number of rotatable bonds is 15. The lowest BCUT2D eigenvalue weighted by Gasteiger charge is -2.38. The summed E-state index contributed by atoms with van der Waals surface area (Å²) in [4.78, 5) is 13.3. The standard InChI is InChI=1S/C34H44ClN7/c1-8-24(3)38-30-21-29(25(9-2)19-31(30)42(7)18-17-41(5)6)40-33-22-32(36-23-37-33)39-27-12-11-26(28(35)20-27)13-16-34(4)14-10-15-34/h8-9,11-12,19-23,38H,1-3,10,13-18H2,4-7H3,(H2,36,37,39,40). The topological polar surface area (TPSA) is 68.3 Å².